The summed E-state index contributed by atoms with van der Waals surface area (Å²) in [5.74, 6) is 1.36. The zero-order valence-corrected chi connectivity index (χ0v) is 8.95. The summed E-state index contributed by atoms with van der Waals surface area (Å²) >= 11 is 1.65. The lowest BCUT2D eigenvalue weighted by Crippen LogP contribution is -1.92. The first-order valence-electron chi connectivity index (χ1n) is 4.60. The van der Waals surface area contributed by atoms with E-state index in [1.807, 2.05) is 24.3 Å². The van der Waals surface area contributed by atoms with Crippen LogP contribution < -0.4 is 5.73 Å². The maximum absolute atomic E-state index is 5.45. The van der Waals surface area contributed by atoms with Gasteiger partial charge in [-0.15, -0.1) is 10.2 Å². The highest BCUT2D eigenvalue weighted by Crippen LogP contribution is 2.19. The minimum atomic E-state index is 0.457. The Bertz CT molecular complexity index is 414. The summed E-state index contributed by atoms with van der Waals surface area (Å²) in [4.78, 5) is 0. The predicted octanol–water partition coefficient (Wildman–Crippen LogP) is 2.35. The lowest BCUT2D eigenvalue weighted by molar-refractivity contribution is 0.938. The van der Waals surface area contributed by atoms with Gasteiger partial charge in [0.25, 0.3) is 0 Å². The highest BCUT2D eigenvalue weighted by Gasteiger charge is 1.97. The number of nitrogens with zero attached hydrogens (tertiary/aromatic N) is 2. The van der Waals surface area contributed by atoms with Gasteiger partial charge in [0.1, 0.15) is 10.8 Å². The molecule has 0 aliphatic rings. The third-order valence-electron chi connectivity index (χ3n) is 1.89. The van der Waals surface area contributed by atoms with Crippen LogP contribution in [0.15, 0.2) is 47.5 Å². The van der Waals surface area contributed by atoms with Gasteiger partial charge in [-0.05, 0) is 17.7 Å². The molecular formula is C11H11N3S. The summed E-state index contributed by atoms with van der Waals surface area (Å²) in [6.45, 7) is 0. The lowest BCUT2D eigenvalue weighted by atomic mass is 10.2. The van der Waals surface area contributed by atoms with E-state index in [1.165, 1.54) is 5.56 Å². The summed E-state index contributed by atoms with van der Waals surface area (Å²) in [5, 5.41) is 8.68. The molecule has 0 bridgehead atoms. The van der Waals surface area contributed by atoms with Gasteiger partial charge in [-0.25, -0.2) is 0 Å². The minimum Gasteiger partial charge on any atom is -0.382 e. The summed E-state index contributed by atoms with van der Waals surface area (Å²) in [6, 6.07) is 13.9. The zero-order valence-electron chi connectivity index (χ0n) is 8.13. The molecule has 0 aliphatic carbocycles. The summed E-state index contributed by atoms with van der Waals surface area (Å²) in [5.41, 5.74) is 6.73. The predicted molar refractivity (Wildman–Crippen MR) is 62.4 cm³/mol. The Morgan fingerprint density at radius 2 is 1.80 bits per heavy atom. The molecule has 2 aromatic rings. The second-order valence-corrected chi connectivity index (χ2v) is 4.07. The van der Waals surface area contributed by atoms with Crippen LogP contribution in [0.2, 0.25) is 0 Å². The van der Waals surface area contributed by atoms with Crippen molar-refractivity contribution in [2.45, 2.75) is 10.8 Å². The summed E-state index contributed by atoms with van der Waals surface area (Å²) < 4.78 is 0. The van der Waals surface area contributed by atoms with E-state index >= 15 is 0 Å². The number of anilines is 1. The highest BCUT2D eigenvalue weighted by atomic mass is 32.2. The Kier molecular flexibility index (Phi) is 3.19. The number of nitrogen functional groups attached to an aromatic ring is 1. The Morgan fingerprint density at radius 1 is 1.00 bits per heavy atom. The monoisotopic (exact) mass is 217 g/mol. The van der Waals surface area contributed by atoms with Crippen LogP contribution in [0.1, 0.15) is 5.56 Å². The number of thioether (sulfide) groups is 1. The fourth-order valence-corrected chi connectivity index (χ4v) is 1.91. The molecule has 1 aromatic carbocycles. The van der Waals surface area contributed by atoms with E-state index in [9.17, 15) is 0 Å². The van der Waals surface area contributed by atoms with Crippen molar-refractivity contribution < 1.29 is 0 Å². The van der Waals surface area contributed by atoms with E-state index in [-0.39, 0.29) is 0 Å². The van der Waals surface area contributed by atoms with Crippen LogP contribution in [-0.2, 0) is 5.75 Å². The van der Waals surface area contributed by atoms with E-state index in [1.54, 1.807) is 17.8 Å². The van der Waals surface area contributed by atoms with Crippen LogP contribution in [0.3, 0.4) is 0 Å². The number of aromatic nitrogens is 2. The van der Waals surface area contributed by atoms with E-state index in [4.69, 9.17) is 5.73 Å². The number of rotatable bonds is 3. The average Bonchev–Trinajstić information content (AvgIpc) is 2.30. The van der Waals surface area contributed by atoms with Crippen molar-refractivity contribution in [3.63, 3.8) is 0 Å². The van der Waals surface area contributed by atoms with Crippen molar-refractivity contribution in [1.82, 2.24) is 10.2 Å². The molecule has 0 unspecified atom stereocenters. The first-order valence-corrected chi connectivity index (χ1v) is 5.59. The molecule has 0 saturated heterocycles. The standard InChI is InChI=1S/C11H11N3S/c12-10-6-7-11(14-13-10)15-8-9-4-2-1-3-5-9/h1-7H,8H2,(H2,12,13). The number of hydrogen-bond donors (Lipinski definition) is 1. The molecule has 1 aromatic heterocycles. The molecule has 0 amide bonds. The van der Waals surface area contributed by atoms with E-state index < -0.39 is 0 Å². The van der Waals surface area contributed by atoms with E-state index in [2.05, 4.69) is 22.3 Å². The minimum absolute atomic E-state index is 0.457. The largest absolute Gasteiger partial charge is 0.382 e. The van der Waals surface area contributed by atoms with Gasteiger partial charge in [-0.1, -0.05) is 42.1 Å². The van der Waals surface area contributed by atoms with E-state index in [0.717, 1.165) is 10.8 Å². The summed E-state index contributed by atoms with van der Waals surface area (Å²) in [6.07, 6.45) is 0. The Hall–Kier alpha value is -1.55. The number of nitrogens with two attached hydrogens (primary N) is 1. The zero-order chi connectivity index (χ0) is 10.5. The first kappa shape index (κ1) is 9.98. The normalized spacial score (nSPS) is 10.1. The van der Waals surface area contributed by atoms with Gasteiger partial charge in [0.2, 0.25) is 0 Å². The van der Waals surface area contributed by atoms with Gasteiger partial charge in [-0.3, -0.25) is 0 Å². The van der Waals surface area contributed by atoms with Crippen LogP contribution >= 0.6 is 11.8 Å². The second-order valence-electron chi connectivity index (χ2n) is 3.07. The van der Waals surface area contributed by atoms with E-state index in [0.29, 0.717) is 5.82 Å². The Morgan fingerprint density at radius 3 is 2.47 bits per heavy atom. The molecule has 0 spiro atoms. The number of benzene rings is 1. The topological polar surface area (TPSA) is 51.8 Å². The number of hydrogen-bond acceptors (Lipinski definition) is 4. The SMILES string of the molecule is Nc1ccc(SCc2ccccc2)nn1. The Labute approximate surface area is 92.7 Å². The van der Waals surface area contributed by atoms with Gasteiger partial charge >= 0.3 is 0 Å². The summed E-state index contributed by atoms with van der Waals surface area (Å²) in [7, 11) is 0. The van der Waals surface area contributed by atoms with Crippen molar-refractivity contribution in [3.8, 4) is 0 Å². The van der Waals surface area contributed by atoms with Crippen molar-refractivity contribution in [2.75, 3.05) is 5.73 Å². The highest BCUT2D eigenvalue weighted by molar-refractivity contribution is 7.98. The molecule has 0 fully saturated rings. The fraction of sp³-hybridized carbons (Fsp3) is 0.0909. The molecule has 4 heteroatoms. The molecule has 3 nitrogen and oxygen atoms in total. The molecule has 0 radical (unpaired) electrons. The molecular weight excluding hydrogens is 206 g/mol. The van der Waals surface area contributed by atoms with Crippen LogP contribution in [0, 0.1) is 0 Å². The second kappa shape index (κ2) is 4.79. The van der Waals surface area contributed by atoms with Gasteiger partial charge in [0.15, 0.2) is 0 Å². The van der Waals surface area contributed by atoms with Gasteiger partial charge in [-0.2, -0.15) is 0 Å². The van der Waals surface area contributed by atoms with Crippen LogP contribution in [0.5, 0.6) is 0 Å². The fourth-order valence-electron chi connectivity index (χ4n) is 1.14. The van der Waals surface area contributed by atoms with Crippen LogP contribution in [0.25, 0.3) is 0 Å². The molecule has 1 heterocycles. The average molecular weight is 217 g/mol. The van der Waals surface area contributed by atoms with Gasteiger partial charge in [0, 0.05) is 5.75 Å². The molecule has 0 saturated carbocycles. The Balaban J connectivity index is 1.96. The van der Waals surface area contributed by atoms with Crippen molar-refractivity contribution in [1.29, 1.82) is 0 Å². The maximum Gasteiger partial charge on any atom is 0.146 e. The van der Waals surface area contributed by atoms with Crippen molar-refractivity contribution in [2.24, 2.45) is 0 Å². The smallest absolute Gasteiger partial charge is 0.146 e. The van der Waals surface area contributed by atoms with Gasteiger partial charge in [0.05, 0.1) is 0 Å². The third-order valence-corrected chi connectivity index (χ3v) is 2.88. The third kappa shape index (κ3) is 2.95. The van der Waals surface area contributed by atoms with Crippen molar-refractivity contribution in [3.05, 3.63) is 48.0 Å². The molecule has 0 aliphatic heterocycles. The maximum atomic E-state index is 5.45. The molecule has 0 atom stereocenters. The molecule has 2 rings (SSSR count). The van der Waals surface area contributed by atoms with Crippen molar-refractivity contribution >= 4 is 17.6 Å². The van der Waals surface area contributed by atoms with Gasteiger partial charge < -0.3 is 5.73 Å². The van der Waals surface area contributed by atoms with Crippen LogP contribution in [0.4, 0.5) is 5.82 Å². The lowest BCUT2D eigenvalue weighted by Gasteiger charge is -2.00. The quantitative estimate of drug-likeness (QED) is 0.802. The molecule has 15 heavy (non-hydrogen) atoms. The molecule has 76 valence electrons. The molecule has 2 N–H and O–H groups in total. The van der Waals surface area contributed by atoms with Crippen LogP contribution in [-0.4, -0.2) is 10.2 Å². The first-order chi connectivity index (χ1) is 7.34.